The van der Waals surface area contributed by atoms with Crippen LogP contribution in [0.2, 0.25) is 0 Å². The average molecular weight is 204 g/mol. The summed E-state index contributed by atoms with van der Waals surface area (Å²) in [5, 5.41) is 0. The van der Waals surface area contributed by atoms with Crippen molar-refractivity contribution in [3.05, 3.63) is 35.1 Å². The number of rotatable bonds is 2. The van der Waals surface area contributed by atoms with Gasteiger partial charge in [-0.3, -0.25) is 0 Å². The zero-order valence-electron chi connectivity index (χ0n) is 9.21. The van der Waals surface area contributed by atoms with Gasteiger partial charge in [-0.15, -0.1) is 0 Å². The zero-order chi connectivity index (χ0) is 10.7. The summed E-state index contributed by atoms with van der Waals surface area (Å²) in [6.45, 7) is 0. The van der Waals surface area contributed by atoms with Crippen LogP contribution in [0.15, 0.2) is 35.1 Å². The Morgan fingerprint density at radius 1 is 1.13 bits per heavy atom. The second kappa shape index (κ2) is 4.67. The molecule has 0 heterocycles. The first kappa shape index (κ1) is 10.5. The van der Waals surface area contributed by atoms with Crippen LogP contribution >= 0.6 is 0 Å². The largest absolute Gasteiger partial charge is 0.399 e. The third-order valence-electron chi connectivity index (χ3n) is 3.35. The lowest BCUT2D eigenvalue weighted by molar-refractivity contribution is 0.648. The lowest BCUT2D eigenvalue weighted by Crippen LogP contribution is -2.29. The summed E-state index contributed by atoms with van der Waals surface area (Å²) in [6.07, 6.45) is 13.5. The first-order chi connectivity index (χ1) is 7.29. The van der Waals surface area contributed by atoms with E-state index in [1.807, 2.05) is 6.08 Å². The van der Waals surface area contributed by atoms with E-state index in [0.29, 0.717) is 0 Å². The molecule has 2 heteroatoms. The lowest BCUT2D eigenvalue weighted by Gasteiger charge is -2.24. The normalized spacial score (nSPS) is 23.9. The minimum absolute atomic E-state index is 0.0789. The van der Waals surface area contributed by atoms with Crippen molar-refractivity contribution in [3.63, 3.8) is 0 Å². The summed E-state index contributed by atoms with van der Waals surface area (Å²) < 4.78 is 0. The van der Waals surface area contributed by atoms with E-state index in [0.717, 1.165) is 25.0 Å². The van der Waals surface area contributed by atoms with Crippen LogP contribution in [0.5, 0.6) is 0 Å². The van der Waals surface area contributed by atoms with E-state index in [9.17, 15) is 0 Å². The zero-order valence-corrected chi connectivity index (χ0v) is 9.21. The molecule has 0 aromatic carbocycles. The first-order valence-corrected chi connectivity index (χ1v) is 5.88. The topological polar surface area (TPSA) is 52.0 Å². The molecule has 0 bridgehead atoms. The Morgan fingerprint density at radius 3 is 2.67 bits per heavy atom. The van der Waals surface area contributed by atoms with Crippen molar-refractivity contribution in [3.8, 4) is 0 Å². The van der Waals surface area contributed by atoms with Crippen LogP contribution < -0.4 is 11.5 Å². The molecule has 2 rings (SSSR count). The monoisotopic (exact) mass is 204 g/mol. The van der Waals surface area contributed by atoms with Gasteiger partial charge in [0.2, 0.25) is 0 Å². The van der Waals surface area contributed by atoms with Crippen molar-refractivity contribution < 1.29 is 0 Å². The van der Waals surface area contributed by atoms with Crippen molar-refractivity contribution in [1.29, 1.82) is 0 Å². The Bertz CT molecular complexity index is 323. The molecule has 2 nitrogen and oxygen atoms in total. The Hall–Kier alpha value is -1.02. The predicted molar refractivity (Wildman–Crippen MR) is 64.1 cm³/mol. The van der Waals surface area contributed by atoms with Crippen LogP contribution in [0.3, 0.4) is 0 Å². The predicted octanol–water partition coefficient (Wildman–Crippen LogP) is 2.38. The van der Waals surface area contributed by atoms with Crippen LogP contribution in [0.4, 0.5) is 0 Å². The molecule has 1 unspecified atom stereocenters. The van der Waals surface area contributed by atoms with Gasteiger partial charge in [-0.2, -0.15) is 0 Å². The van der Waals surface area contributed by atoms with E-state index in [4.69, 9.17) is 11.5 Å². The molecule has 0 aromatic rings. The average Bonchev–Trinajstić information content (AvgIpc) is 2.30. The molecule has 0 radical (unpaired) electrons. The smallest absolute Gasteiger partial charge is 0.0493 e. The number of allylic oxidation sites excluding steroid dienone is 3. The summed E-state index contributed by atoms with van der Waals surface area (Å²) in [4.78, 5) is 0. The summed E-state index contributed by atoms with van der Waals surface area (Å²) in [7, 11) is 0. The number of hydrogen-bond acceptors (Lipinski definition) is 2. The van der Waals surface area contributed by atoms with Crippen LogP contribution in [-0.4, -0.2) is 6.04 Å². The van der Waals surface area contributed by atoms with Crippen molar-refractivity contribution in [2.45, 2.75) is 44.6 Å². The van der Waals surface area contributed by atoms with Gasteiger partial charge in [-0.25, -0.2) is 0 Å². The number of hydrogen-bond donors (Lipinski definition) is 2. The van der Waals surface area contributed by atoms with Crippen LogP contribution in [0.25, 0.3) is 0 Å². The van der Waals surface area contributed by atoms with Crippen molar-refractivity contribution in [1.82, 2.24) is 0 Å². The maximum Gasteiger partial charge on any atom is 0.0493 e. The fraction of sp³-hybridized carbons (Fsp3) is 0.538. The van der Waals surface area contributed by atoms with Crippen LogP contribution in [-0.2, 0) is 0 Å². The van der Waals surface area contributed by atoms with Gasteiger partial charge >= 0.3 is 0 Å². The highest BCUT2D eigenvalue weighted by molar-refractivity contribution is 5.36. The second-order valence-electron chi connectivity index (χ2n) is 4.42. The van der Waals surface area contributed by atoms with Gasteiger partial charge in [0.25, 0.3) is 0 Å². The van der Waals surface area contributed by atoms with Crippen molar-refractivity contribution in [2.75, 3.05) is 0 Å². The molecule has 15 heavy (non-hydrogen) atoms. The van der Waals surface area contributed by atoms with E-state index in [-0.39, 0.29) is 6.04 Å². The Labute approximate surface area is 91.7 Å². The highest BCUT2D eigenvalue weighted by Crippen LogP contribution is 2.27. The summed E-state index contributed by atoms with van der Waals surface area (Å²) in [5.74, 6) is 0. The van der Waals surface area contributed by atoms with Gasteiger partial charge < -0.3 is 11.5 Å². The highest BCUT2D eigenvalue weighted by Gasteiger charge is 2.18. The van der Waals surface area contributed by atoms with Gasteiger partial charge in [0, 0.05) is 11.7 Å². The van der Waals surface area contributed by atoms with E-state index >= 15 is 0 Å². The highest BCUT2D eigenvalue weighted by atomic mass is 14.7. The Balaban J connectivity index is 2.15. The quantitative estimate of drug-likeness (QED) is 0.678. The van der Waals surface area contributed by atoms with E-state index in [2.05, 4.69) is 12.2 Å². The van der Waals surface area contributed by atoms with Gasteiger partial charge in [-0.1, -0.05) is 17.7 Å². The van der Waals surface area contributed by atoms with E-state index in [1.165, 1.54) is 30.4 Å². The van der Waals surface area contributed by atoms with E-state index in [1.54, 1.807) is 0 Å². The number of nitrogens with two attached hydrogens (primary N) is 2. The molecule has 4 N–H and O–H groups in total. The molecule has 0 saturated heterocycles. The molecule has 0 aliphatic heterocycles. The summed E-state index contributed by atoms with van der Waals surface area (Å²) in [6, 6.07) is 0.0789. The van der Waals surface area contributed by atoms with Crippen LogP contribution in [0, 0.1) is 0 Å². The second-order valence-corrected chi connectivity index (χ2v) is 4.42. The molecule has 0 fully saturated rings. The third-order valence-corrected chi connectivity index (χ3v) is 3.35. The van der Waals surface area contributed by atoms with Gasteiger partial charge in [0.05, 0.1) is 0 Å². The van der Waals surface area contributed by atoms with E-state index < -0.39 is 0 Å². The molecule has 2 aliphatic rings. The molecule has 2 aliphatic carbocycles. The van der Waals surface area contributed by atoms with Crippen LogP contribution in [0.1, 0.15) is 38.5 Å². The summed E-state index contributed by atoms with van der Waals surface area (Å²) >= 11 is 0. The van der Waals surface area contributed by atoms with Gasteiger partial charge in [-0.05, 0) is 50.2 Å². The summed E-state index contributed by atoms with van der Waals surface area (Å²) in [5.41, 5.74) is 15.8. The molecule has 0 spiro atoms. The van der Waals surface area contributed by atoms with Gasteiger partial charge in [0.15, 0.2) is 0 Å². The maximum absolute atomic E-state index is 6.27. The Kier molecular flexibility index (Phi) is 3.27. The molecule has 1 atom stereocenters. The minimum atomic E-state index is 0.0789. The Morgan fingerprint density at radius 2 is 2.00 bits per heavy atom. The molecular formula is C13H20N2. The standard InChI is InChI=1S/C13H20N2/c14-12-9-5-4-8-11(12)13(15)10-6-2-1-3-7-10/h5-6,9,13H,1-4,7-8,14-15H2. The van der Waals surface area contributed by atoms with Crippen molar-refractivity contribution >= 4 is 0 Å². The molecule has 0 saturated carbocycles. The first-order valence-electron chi connectivity index (χ1n) is 5.88. The van der Waals surface area contributed by atoms with Gasteiger partial charge in [0.1, 0.15) is 0 Å². The fourth-order valence-corrected chi connectivity index (χ4v) is 2.40. The molecule has 0 aromatic heterocycles. The molecule has 82 valence electrons. The third kappa shape index (κ3) is 2.32. The molecular weight excluding hydrogens is 184 g/mol. The molecule has 0 amide bonds. The fourth-order valence-electron chi connectivity index (χ4n) is 2.40. The lowest BCUT2D eigenvalue weighted by atomic mass is 9.86. The maximum atomic E-state index is 6.27. The SMILES string of the molecule is NC1=C(C(N)C2=CCCCC2)CCC=C1. The van der Waals surface area contributed by atoms with Crippen molar-refractivity contribution in [2.24, 2.45) is 11.5 Å². The minimum Gasteiger partial charge on any atom is -0.399 e.